The fourth-order valence-electron chi connectivity index (χ4n) is 1.67. The summed E-state index contributed by atoms with van der Waals surface area (Å²) in [5.41, 5.74) is 0.631. The molecule has 1 fully saturated rings. The third kappa shape index (κ3) is 2.86. The van der Waals surface area contributed by atoms with Gasteiger partial charge < -0.3 is 0 Å². The van der Waals surface area contributed by atoms with E-state index in [-0.39, 0.29) is 5.82 Å². The summed E-state index contributed by atoms with van der Waals surface area (Å²) in [6.07, 6.45) is 0. The topological polar surface area (TPSA) is 3.24 Å². The normalized spacial score (nSPS) is 18.0. The molecule has 4 heteroatoms. The van der Waals surface area contributed by atoms with Gasteiger partial charge in [-0.25, -0.2) is 4.39 Å². The van der Waals surface area contributed by atoms with E-state index in [0.717, 1.165) is 24.6 Å². The lowest BCUT2D eigenvalue weighted by atomic mass is 10.2. The number of nitrogens with zero attached hydrogens (tertiary/aromatic N) is 1. The molecule has 0 aliphatic carbocycles. The van der Waals surface area contributed by atoms with Gasteiger partial charge in [0.25, 0.3) is 0 Å². The van der Waals surface area contributed by atoms with Crippen molar-refractivity contribution in [2.75, 3.05) is 24.6 Å². The van der Waals surface area contributed by atoms with E-state index >= 15 is 0 Å². The van der Waals surface area contributed by atoms with Gasteiger partial charge in [0.05, 0.1) is 0 Å². The van der Waals surface area contributed by atoms with Crippen molar-refractivity contribution in [2.24, 2.45) is 0 Å². The van der Waals surface area contributed by atoms with Crippen LogP contribution >= 0.6 is 23.4 Å². The molecule has 0 unspecified atom stereocenters. The Bertz CT molecular complexity index is 319. The summed E-state index contributed by atoms with van der Waals surface area (Å²) >= 11 is 7.93. The molecular formula is C11H13ClFNS. The van der Waals surface area contributed by atoms with Gasteiger partial charge in [-0.15, -0.1) is 0 Å². The van der Waals surface area contributed by atoms with Gasteiger partial charge in [-0.1, -0.05) is 17.7 Å². The van der Waals surface area contributed by atoms with Crippen molar-refractivity contribution < 1.29 is 4.39 Å². The molecule has 0 amide bonds. The van der Waals surface area contributed by atoms with Gasteiger partial charge >= 0.3 is 0 Å². The molecule has 0 radical (unpaired) electrons. The van der Waals surface area contributed by atoms with Crippen LogP contribution < -0.4 is 0 Å². The Hall–Kier alpha value is -0.250. The largest absolute Gasteiger partial charge is 0.297 e. The molecule has 1 heterocycles. The lowest BCUT2D eigenvalue weighted by Gasteiger charge is -2.26. The van der Waals surface area contributed by atoms with Crippen molar-refractivity contribution in [1.29, 1.82) is 0 Å². The maximum absolute atomic E-state index is 13.5. The zero-order valence-corrected chi connectivity index (χ0v) is 9.95. The monoisotopic (exact) mass is 245 g/mol. The number of thioether (sulfide) groups is 1. The molecule has 82 valence electrons. The molecule has 0 N–H and O–H groups in total. The van der Waals surface area contributed by atoms with E-state index in [9.17, 15) is 4.39 Å². The standard InChI is InChI=1S/C11H13ClFNS/c12-10-2-1-3-11(13)9(10)8-14-4-6-15-7-5-14/h1-3H,4-8H2. The van der Waals surface area contributed by atoms with Gasteiger partial charge in [-0.3, -0.25) is 4.90 Å². The molecule has 1 aromatic carbocycles. The number of rotatable bonds is 2. The predicted molar refractivity (Wildman–Crippen MR) is 64.0 cm³/mol. The summed E-state index contributed by atoms with van der Waals surface area (Å²) < 4.78 is 13.5. The molecule has 1 aliphatic heterocycles. The van der Waals surface area contributed by atoms with E-state index in [1.54, 1.807) is 12.1 Å². The van der Waals surface area contributed by atoms with Crippen LogP contribution in [0.1, 0.15) is 5.56 Å². The Morgan fingerprint density at radius 2 is 2.07 bits per heavy atom. The van der Waals surface area contributed by atoms with E-state index in [0.29, 0.717) is 17.1 Å². The summed E-state index contributed by atoms with van der Waals surface area (Å²) in [7, 11) is 0. The van der Waals surface area contributed by atoms with Crippen LogP contribution in [-0.2, 0) is 6.54 Å². The summed E-state index contributed by atoms with van der Waals surface area (Å²) in [6, 6.07) is 4.87. The van der Waals surface area contributed by atoms with Crippen LogP contribution in [0.25, 0.3) is 0 Å². The minimum atomic E-state index is -0.194. The molecule has 1 saturated heterocycles. The van der Waals surface area contributed by atoms with Crippen molar-refractivity contribution in [3.8, 4) is 0 Å². The minimum Gasteiger partial charge on any atom is -0.297 e. The summed E-state index contributed by atoms with van der Waals surface area (Å²) in [5, 5.41) is 0.535. The quantitative estimate of drug-likeness (QED) is 0.788. The van der Waals surface area contributed by atoms with Crippen LogP contribution in [0.2, 0.25) is 5.02 Å². The van der Waals surface area contributed by atoms with Crippen molar-refractivity contribution in [1.82, 2.24) is 4.90 Å². The summed E-state index contributed by atoms with van der Waals surface area (Å²) in [6.45, 7) is 2.68. The first-order chi connectivity index (χ1) is 7.27. The average Bonchev–Trinajstić information content (AvgIpc) is 2.25. The zero-order chi connectivity index (χ0) is 10.7. The highest BCUT2D eigenvalue weighted by Gasteiger charge is 2.14. The second-order valence-corrected chi connectivity index (χ2v) is 5.22. The molecule has 1 aliphatic rings. The van der Waals surface area contributed by atoms with E-state index < -0.39 is 0 Å². The first-order valence-corrected chi connectivity index (χ1v) is 6.53. The lowest BCUT2D eigenvalue weighted by Crippen LogP contribution is -2.32. The smallest absolute Gasteiger partial charge is 0.129 e. The van der Waals surface area contributed by atoms with Gasteiger partial charge in [-0.05, 0) is 12.1 Å². The van der Waals surface area contributed by atoms with Crippen molar-refractivity contribution in [3.05, 3.63) is 34.6 Å². The van der Waals surface area contributed by atoms with Crippen LogP contribution in [0.4, 0.5) is 4.39 Å². The predicted octanol–water partition coefficient (Wildman–Crippen LogP) is 3.03. The van der Waals surface area contributed by atoms with E-state index in [4.69, 9.17) is 11.6 Å². The molecular weight excluding hydrogens is 233 g/mol. The SMILES string of the molecule is Fc1cccc(Cl)c1CN1CCSCC1. The third-order valence-electron chi connectivity index (χ3n) is 2.55. The average molecular weight is 246 g/mol. The number of hydrogen-bond acceptors (Lipinski definition) is 2. The second-order valence-electron chi connectivity index (χ2n) is 3.59. The first kappa shape index (κ1) is 11.2. The number of halogens is 2. The van der Waals surface area contributed by atoms with Crippen LogP contribution in [0, 0.1) is 5.82 Å². The van der Waals surface area contributed by atoms with E-state index in [2.05, 4.69) is 4.90 Å². The molecule has 0 spiro atoms. The zero-order valence-electron chi connectivity index (χ0n) is 8.38. The van der Waals surface area contributed by atoms with E-state index in [1.807, 2.05) is 11.8 Å². The Labute approximate surface area is 98.6 Å². The van der Waals surface area contributed by atoms with E-state index in [1.165, 1.54) is 6.07 Å². The highest BCUT2D eigenvalue weighted by atomic mass is 35.5. The molecule has 0 aromatic heterocycles. The van der Waals surface area contributed by atoms with Crippen molar-refractivity contribution in [2.45, 2.75) is 6.54 Å². The fraction of sp³-hybridized carbons (Fsp3) is 0.455. The highest BCUT2D eigenvalue weighted by Crippen LogP contribution is 2.22. The van der Waals surface area contributed by atoms with Gasteiger partial charge in [0.2, 0.25) is 0 Å². The molecule has 1 nitrogen and oxygen atoms in total. The lowest BCUT2D eigenvalue weighted by molar-refractivity contribution is 0.290. The molecule has 0 bridgehead atoms. The maximum atomic E-state index is 13.5. The Morgan fingerprint density at radius 3 is 2.73 bits per heavy atom. The molecule has 0 saturated carbocycles. The van der Waals surface area contributed by atoms with Crippen molar-refractivity contribution in [3.63, 3.8) is 0 Å². The van der Waals surface area contributed by atoms with Crippen LogP contribution in [0.15, 0.2) is 18.2 Å². The van der Waals surface area contributed by atoms with Gasteiger partial charge in [0.15, 0.2) is 0 Å². The van der Waals surface area contributed by atoms with Gasteiger partial charge in [0.1, 0.15) is 5.82 Å². The fourth-order valence-corrected chi connectivity index (χ4v) is 2.87. The Morgan fingerprint density at radius 1 is 1.33 bits per heavy atom. The summed E-state index contributed by atoms with van der Waals surface area (Å²) in [4.78, 5) is 2.25. The second kappa shape index (κ2) is 5.19. The third-order valence-corrected chi connectivity index (χ3v) is 3.84. The molecule has 2 rings (SSSR count). The first-order valence-electron chi connectivity index (χ1n) is 5.00. The Balaban J connectivity index is 2.09. The van der Waals surface area contributed by atoms with Gasteiger partial charge in [-0.2, -0.15) is 11.8 Å². The van der Waals surface area contributed by atoms with Crippen LogP contribution in [0.5, 0.6) is 0 Å². The van der Waals surface area contributed by atoms with Crippen molar-refractivity contribution >= 4 is 23.4 Å². The maximum Gasteiger partial charge on any atom is 0.129 e. The highest BCUT2D eigenvalue weighted by molar-refractivity contribution is 7.99. The van der Waals surface area contributed by atoms with Gasteiger partial charge in [0, 0.05) is 41.7 Å². The minimum absolute atomic E-state index is 0.194. The summed E-state index contributed by atoms with van der Waals surface area (Å²) in [5.74, 6) is 2.07. The van der Waals surface area contributed by atoms with Crippen LogP contribution in [-0.4, -0.2) is 29.5 Å². The molecule has 15 heavy (non-hydrogen) atoms. The Kier molecular flexibility index (Phi) is 3.89. The molecule has 0 atom stereocenters. The van der Waals surface area contributed by atoms with Crippen LogP contribution in [0.3, 0.4) is 0 Å². The molecule has 1 aromatic rings. The number of hydrogen-bond donors (Lipinski definition) is 0. The number of benzene rings is 1.